The van der Waals surface area contributed by atoms with E-state index in [1.54, 1.807) is 0 Å². The number of hydrogen-bond acceptors (Lipinski definition) is 3. The molecule has 1 aromatic rings. The second-order valence-electron chi connectivity index (χ2n) is 4.22. The molecule has 0 aromatic heterocycles. The van der Waals surface area contributed by atoms with Crippen molar-refractivity contribution < 1.29 is 12.8 Å². The second-order valence-corrected chi connectivity index (χ2v) is 6.16. The van der Waals surface area contributed by atoms with E-state index in [1.807, 2.05) is 0 Å². The molecule has 2 rings (SSSR count). The predicted molar refractivity (Wildman–Crippen MR) is 62.4 cm³/mol. The van der Waals surface area contributed by atoms with Gasteiger partial charge in [-0.25, -0.2) is 12.8 Å². The molecule has 94 valence electrons. The van der Waals surface area contributed by atoms with Crippen LogP contribution in [0.5, 0.6) is 0 Å². The average molecular weight is 258 g/mol. The van der Waals surface area contributed by atoms with Gasteiger partial charge in [0.05, 0.1) is 4.90 Å². The van der Waals surface area contributed by atoms with Gasteiger partial charge in [-0.2, -0.15) is 4.31 Å². The summed E-state index contributed by atoms with van der Waals surface area (Å²) < 4.78 is 38.5. The summed E-state index contributed by atoms with van der Waals surface area (Å²) in [5.41, 5.74) is 5.76. The Hall–Kier alpha value is -0.980. The zero-order valence-electron chi connectivity index (χ0n) is 9.34. The van der Waals surface area contributed by atoms with Crippen molar-refractivity contribution in [2.24, 2.45) is 5.73 Å². The van der Waals surface area contributed by atoms with Gasteiger partial charge in [0.15, 0.2) is 0 Å². The highest BCUT2D eigenvalue weighted by atomic mass is 32.2. The molecule has 1 aliphatic heterocycles. The van der Waals surface area contributed by atoms with E-state index in [2.05, 4.69) is 0 Å². The summed E-state index contributed by atoms with van der Waals surface area (Å²) in [4.78, 5) is 0.119. The minimum Gasteiger partial charge on any atom is -0.327 e. The minimum absolute atomic E-state index is 0.112. The lowest BCUT2D eigenvalue weighted by Gasteiger charge is -2.29. The van der Waals surface area contributed by atoms with Gasteiger partial charge < -0.3 is 5.73 Å². The van der Waals surface area contributed by atoms with Crippen LogP contribution in [0.3, 0.4) is 0 Å². The number of rotatable bonds is 2. The third kappa shape index (κ3) is 2.65. The summed E-state index contributed by atoms with van der Waals surface area (Å²) in [6.45, 7) is 0.813. The summed E-state index contributed by atoms with van der Waals surface area (Å²) in [5.74, 6) is -0.445. The molecule has 17 heavy (non-hydrogen) atoms. The van der Waals surface area contributed by atoms with Gasteiger partial charge in [0.1, 0.15) is 5.82 Å². The summed E-state index contributed by atoms with van der Waals surface area (Å²) >= 11 is 0. The minimum atomic E-state index is -3.53. The highest BCUT2D eigenvalue weighted by molar-refractivity contribution is 7.89. The van der Waals surface area contributed by atoms with E-state index in [4.69, 9.17) is 5.73 Å². The monoisotopic (exact) mass is 258 g/mol. The van der Waals surface area contributed by atoms with E-state index in [9.17, 15) is 12.8 Å². The van der Waals surface area contributed by atoms with Crippen LogP contribution in [-0.4, -0.2) is 31.9 Å². The van der Waals surface area contributed by atoms with Gasteiger partial charge in [-0.15, -0.1) is 0 Å². The Balaban J connectivity index is 2.26. The number of hydrogen-bond donors (Lipinski definition) is 1. The van der Waals surface area contributed by atoms with Crippen molar-refractivity contribution >= 4 is 10.0 Å². The summed E-state index contributed by atoms with van der Waals surface area (Å²) in [5, 5.41) is 0. The number of nitrogens with zero attached hydrogens (tertiary/aromatic N) is 1. The van der Waals surface area contributed by atoms with Crippen LogP contribution >= 0.6 is 0 Å². The Bertz CT molecular complexity index is 487. The zero-order chi connectivity index (χ0) is 12.5. The third-order valence-electron chi connectivity index (χ3n) is 2.87. The number of nitrogens with two attached hydrogens (primary N) is 1. The van der Waals surface area contributed by atoms with Gasteiger partial charge in [-0.05, 0) is 37.1 Å². The van der Waals surface area contributed by atoms with E-state index >= 15 is 0 Å². The highest BCUT2D eigenvalue weighted by Crippen LogP contribution is 2.20. The number of sulfonamides is 1. The number of benzene rings is 1. The smallest absolute Gasteiger partial charge is 0.243 e. The molecule has 1 unspecified atom stereocenters. The van der Waals surface area contributed by atoms with Crippen LogP contribution in [0.4, 0.5) is 4.39 Å². The van der Waals surface area contributed by atoms with Gasteiger partial charge in [0.2, 0.25) is 10.0 Å². The maximum absolute atomic E-state index is 12.8. The van der Waals surface area contributed by atoms with Gasteiger partial charge >= 0.3 is 0 Å². The first-order valence-corrected chi connectivity index (χ1v) is 6.95. The van der Waals surface area contributed by atoms with Crippen LogP contribution in [0.25, 0.3) is 0 Å². The molecule has 0 saturated carbocycles. The van der Waals surface area contributed by atoms with Gasteiger partial charge in [0.25, 0.3) is 0 Å². The topological polar surface area (TPSA) is 63.4 Å². The highest BCUT2D eigenvalue weighted by Gasteiger charge is 2.28. The molecule has 0 amide bonds. The first kappa shape index (κ1) is 12.5. The van der Waals surface area contributed by atoms with Crippen molar-refractivity contribution in [1.29, 1.82) is 0 Å². The molecule has 0 spiro atoms. The van der Waals surface area contributed by atoms with Gasteiger partial charge in [-0.1, -0.05) is 0 Å². The molecule has 1 saturated heterocycles. The fourth-order valence-corrected chi connectivity index (χ4v) is 3.48. The Labute approximate surface area is 100 Å². The maximum Gasteiger partial charge on any atom is 0.243 e. The molecular weight excluding hydrogens is 243 g/mol. The molecule has 6 heteroatoms. The van der Waals surface area contributed by atoms with Crippen molar-refractivity contribution in [2.45, 2.75) is 23.8 Å². The van der Waals surface area contributed by atoms with Crippen LogP contribution < -0.4 is 5.73 Å². The van der Waals surface area contributed by atoms with Crippen LogP contribution in [0.1, 0.15) is 12.8 Å². The SMILES string of the molecule is NC1CCCN(S(=O)(=O)c2ccc(F)cc2)C1. The van der Waals surface area contributed by atoms with E-state index in [0.717, 1.165) is 25.0 Å². The fourth-order valence-electron chi connectivity index (χ4n) is 1.95. The van der Waals surface area contributed by atoms with E-state index in [0.29, 0.717) is 13.1 Å². The number of halogens is 1. The Morgan fingerprint density at radius 2 is 1.94 bits per heavy atom. The van der Waals surface area contributed by atoms with Crippen molar-refractivity contribution in [3.8, 4) is 0 Å². The molecule has 0 radical (unpaired) electrons. The largest absolute Gasteiger partial charge is 0.327 e. The molecule has 1 atom stereocenters. The van der Waals surface area contributed by atoms with E-state index in [1.165, 1.54) is 16.4 Å². The lowest BCUT2D eigenvalue weighted by Crippen LogP contribution is -2.45. The van der Waals surface area contributed by atoms with Crippen LogP contribution in [0.2, 0.25) is 0 Å². The predicted octanol–water partition coefficient (Wildman–Crippen LogP) is 0.938. The maximum atomic E-state index is 12.8. The summed E-state index contributed by atoms with van der Waals surface area (Å²) in [6, 6.07) is 4.75. The molecule has 1 aliphatic rings. The van der Waals surface area contributed by atoms with Gasteiger partial charge in [0, 0.05) is 19.1 Å². The molecule has 2 N–H and O–H groups in total. The standard InChI is InChI=1S/C11H15FN2O2S/c12-9-3-5-11(6-4-9)17(15,16)14-7-1-2-10(13)8-14/h3-6,10H,1-2,7-8,13H2. The summed E-state index contributed by atoms with van der Waals surface area (Å²) in [7, 11) is -3.53. The van der Waals surface area contributed by atoms with Crippen molar-refractivity contribution in [3.63, 3.8) is 0 Å². The Morgan fingerprint density at radius 1 is 1.29 bits per heavy atom. The van der Waals surface area contributed by atoms with Crippen LogP contribution in [-0.2, 0) is 10.0 Å². The lowest BCUT2D eigenvalue weighted by molar-refractivity contribution is 0.316. The molecule has 0 aliphatic carbocycles. The van der Waals surface area contributed by atoms with Crippen molar-refractivity contribution in [1.82, 2.24) is 4.31 Å². The first-order valence-electron chi connectivity index (χ1n) is 5.51. The van der Waals surface area contributed by atoms with Crippen molar-refractivity contribution in [3.05, 3.63) is 30.1 Å². The molecule has 4 nitrogen and oxygen atoms in total. The molecule has 1 heterocycles. The molecule has 0 bridgehead atoms. The van der Waals surface area contributed by atoms with E-state index in [-0.39, 0.29) is 10.9 Å². The third-order valence-corrected chi connectivity index (χ3v) is 4.75. The van der Waals surface area contributed by atoms with Crippen molar-refractivity contribution in [2.75, 3.05) is 13.1 Å². The second kappa shape index (κ2) is 4.72. The van der Waals surface area contributed by atoms with Crippen LogP contribution in [0.15, 0.2) is 29.2 Å². The van der Waals surface area contributed by atoms with Crippen LogP contribution in [0, 0.1) is 5.82 Å². The fraction of sp³-hybridized carbons (Fsp3) is 0.455. The normalized spacial score (nSPS) is 22.6. The number of piperidine rings is 1. The average Bonchev–Trinajstić information content (AvgIpc) is 2.29. The van der Waals surface area contributed by atoms with E-state index < -0.39 is 15.8 Å². The Morgan fingerprint density at radius 3 is 2.53 bits per heavy atom. The molecular formula is C11H15FN2O2S. The Kier molecular flexibility index (Phi) is 3.46. The van der Waals surface area contributed by atoms with Gasteiger partial charge in [-0.3, -0.25) is 0 Å². The first-order chi connectivity index (χ1) is 8.00. The molecule has 1 aromatic carbocycles. The lowest BCUT2D eigenvalue weighted by atomic mass is 10.1. The zero-order valence-corrected chi connectivity index (χ0v) is 10.2. The quantitative estimate of drug-likeness (QED) is 0.858. The molecule has 1 fully saturated rings. The summed E-state index contributed by atoms with van der Waals surface area (Å²) in [6.07, 6.45) is 1.61.